The van der Waals surface area contributed by atoms with E-state index in [1.54, 1.807) is 12.2 Å². The van der Waals surface area contributed by atoms with Crippen LogP contribution in [0.25, 0.3) is 0 Å². The molecule has 0 aromatic rings. The number of allylic oxidation sites excluding steroid dienone is 2. The third-order valence-corrected chi connectivity index (χ3v) is 0.471. The topological polar surface area (TPSA) is 0 Å². The van der Waals surface area contributed by atoms with Crippen LogP contribution >= 0.6 is 0 Å². The average Bonchev–Trinajstić information content (AvgIpc) is 1.88. The van der Waals surface area contributed by atoms with Crippen LogP contribution in [0.4, 0.5) is 0 Å². The summed E-state index contributed by atoms with van der Waals surface area (Å²) in [6.45, 7) is 13.8. The maximum absolute atomic E-state index is 4.90. The monoisotopic (exact) mass is 224 g/mol. The number of hydrogen-bond acceptors (Lipinski definition) is 0. The van der Waals surface area contributed by atoms with Crippen LogP contribution in [0.1, 0.15) is 26.7 Å². The molecule has 0 unspecified atom stereocenters. The molecule has 0 fully saturated rings. The fourth-order valence-corrected chi connectivity index (χ4v) is 0. The van der Waals surface area contributed by atoms with Crippen LogP contribution in [-0.2, 0) is 27.3 Å². The summed E-state index contributed by atoms with van der Waals surface area (Å²) >= 11 is 0. The van der Waals surface area contributed by atoms with Crippen molar-refractivity contribution in [2.75, 3.05) is 0 Å². The minimum atomic E-state index is 0. The van der Waals surface area contributed by atoms with Crippen LogP contribution < -0.4 is 0 Å². The van der Waals surface area contributed by atoms with Crippen LogP contribution in [0.3, 0.4) is 0 Å². The van der Waals surface area contributed by atoms with Crippen LogP contribution in [0.5, 0.6) is 0 Å². The number of rotatable bonds is 2. The smallest absolute Gasteiger partial charge is 0.518 e. The first kappa shape index (κ1) is 16.2. The second kappa shape index (κ2) is 23.8. The molecule has 0 rings (SSSR count). The van der Waals surface area contributed by atoms with Crippen LogP contribution in [-0.4, -0.2) is 0 Å². The van der Waals surface area contributed by atoms with E-state index in [2.05, 4.69) is 0 Å². The van der Waals surface area contributed by atoms with Gasteiger partial charge in [0.05, 0.1) is 0 Å². The maximum atomic E-state index is 4.90. The van der Waals surface area contributed by atoms with E-state index in [1.807, 2.05) is 13.8 Å². The van der Waals surface area contributed by atoms with Crippen molar-refractivity contribution in [1.82, 2.24) is 0 Å². The number of hydrogen-bond donors (Lipinski definition) is 0. The fourth-order valence-electron chi connectivity index (χ4n) is 0. The fraction of sp³-hybridized carbons (Fsp3) is 0.500. The van der Waals surface area contributed by atoms with Gasteiger partial charge >= 0.3 is 27.3 Å². The van der Waals surface area contributed by atoms with Crippen LogP contribution in [0, 0.1) is 13.2 Å². The molecular weight excluding hydrogens is 208 g/mol. The molecule has 0 N–H and O–H groups in total. The zero-order chi connectivity index (χ0) is 6.83. The Labute approximate surface area is 79.2 Å². The van der Waals surface area contributed by atoms with Gasteiger partial charge in [-0.25, -0.2) is 0 Å². The Morgan fingerprint density at radius 2 is 1.11 bits per heavy atom. The summed E-state index contributed by atoms with van der Waals surface area (Å²) in [6, 6.07) is 0. The molecule has 0 aliphatic rings. The van der Waals surface area contributed by atoms with E-state index in [1.165, 1.54) is 0 Å². The average molecular weight is 223 g/mol. The standard InChI is InChI=1S/2C4H7.Cd/c2*1-3-4-2;/h2*1,3H,4H2,2H3;/q2*-1;+2. The van der Waals surface area contributed by atoms with E-state index >= 15 is 0 Å². The van der Waals surface area contributed by atoms with Gasteiger partial charge in [0, 0.05) is 0 Å². The zero-order valence-electron chi connectivity index (χ0n) is 6.43. The molecule has 0 atom stereocenters. The first-order chi connectivity index (χ1) is 3.83. The molecule has 9 heavy (non-hydrogen) atoms. The van der Waals surface area contributed by atoms with Gasteiger partial charge in [-0.3, -0.25) is 12.2 Å². The third kappa shape index (κ3) is 59.7. The van der Waals surface area contributed by atoms with Gasteiger partial charge in [0.1, 0.15) is 0 Å². The summed E-state index contributed by atoms with van der Waals surface area (Å²) in [5.74, 6) is 0. The van der Waals surface area contributed by atoms with Crippen molar-refractivity contribution >= 4 is 0 Å². The van der Waals surface area contributed by atoms with E-state index in [-0.39, 0.29) is 27.3 Å². The van der Waals surface area contributed by atoms with Crippen molar-refractivity contribution in [3.05, 3.63) is 25.3 Å². The molecule has 0 heterocycles. The zero-order valence-corrected chi connectivity index (χ0v) is 10.5. The summed E-state index contributed by atoms with van der Waals surface area (Å²) in [5.41, 5.74) is 0. The molecule has 0 spiro atoms. The van der Waals surface area contributed by atoms with Crippen LogP contribution in [0.2, 0.25) is 0 Å². The molecule has 0 aromatic carbocycles. The van der Waals surface area contributed by atoms with Crippen molar-refractivity contribution in [2.24, 2.45) is 0 Å². The summed E-state index contributed by atoms with van der Waals surface area (Å²) in [5, 5.41) is 0. The van der Waals surface area contributed by atoms with Crippen molar-refractivity contribution < 1.29 is 27.3 Å². The molecule has 0 saturated carbocycles. The quantitative estimate of drug-likeness (QED) is 0.498. The van der Waals surface area contributed by atoms with Gasteiger partial charge < -0.3 is 13.2 Å². The van der Waals surface area contributed by atoms with Gasteiger partial charge in [0.15, 0.2) is 0 Å². The Hall–Kier alpha value is 0.402. The molecular formula is C8H14Cd. The van der Waals surface area contributed by atoms with Crippen molar-refractivity contribution in [3.63, 3.8) is 0 Å². The molecule has 0 radical (unpaired) electrons. The Morgan fingerprint density at radius 3 is 1.11 bits per heavy atom. The summed E-state index contributed by atoms with van der Waals surface area (Å²) in [6.07, 6.45) is 5.19. The Balaban J connectivity index is -0.0000000720. The second-order valence-electron chi connectivity index (χ2n) is 1.29. The van der Waals surface area contributed by atoms with Gasteiger partial charge in [0.25, 0.3) is 0 Å². The molecule has 0 aliphatic carbocycles. The molecule has 0 amide bonds. The van der Waals surface area contributed by atoms with Crippen molar-refractivity contribution in [3.8, 4) is 0 Å². The van der Waals surface area contributed by atoms with Crippen molar-refractivity contribution in [2.45, 2.75) is 26.7 Å². The third-order valence-electron chi connectivity index (χ3n) is 0.471. The Kier molecular flexibility index (Phi) is 42.7. The first-order valence-electron chi connectivity index (χ1n) is 2.90. The normalized spacial score (nSPS) is 5.56. The van der Waals surface area contributed by atoms with Gasteiger partial charge in [-0.2, -0.15) is 0 Å². The maximum Gasteiger partial charge on any atom is 2.00 e. The van der Waals surface area contributed by atoms with E-state index in [0.29, 0.717) is 0 Å². The molecule has 48 valence electrons. The van der Waals surface area contributed by atoms with Gasteiger partial charge in [-0.15, -0.1) is 0 Å². The predicted molar refractivity (Wildman–Crippen MR) is 38.3 cm³/mol. The summed E-state index contributed by atoms with van der Waals surface area (Å²) in [4.78, 5) is 0. The molecule has 0 saturated heterocycles. The van der Waals surface area contributed by atoms with E-state index < -0.39 is 0 Å². The van der Waals surface area contributed by atoms with Crippen LogP contribution in [0.15, 0.2) is 12.2 Å². The molecule has 0 nitrogen and oxygen atoms in total. The minimum Gasteiger partial charge on any atom is -0.518 e. The van der Waals surface area contributed by atoms with Gasteiger partial charge in [0.2, 0.25) is 0 Å². The Bertz CT molecular complexity index is 40.5. The largest absolute Gasteiger partial charge is 2.00 e. The van der Waals surface area contributed by atoms with E-state index in [4.69, 9.17) is 13.2 Å². The molecule has 1 heteroatoms. The van der Waals surface area contributed by atoms with Gasteiger partial charge in [-0.1, -0.05) is 26.7 Å². The van der Waals surface area contributed by atoms with Gasteiger partial charge in [-0.05, 0) is 0 Å². The first-order valence-corrected chi connectivity index (χ1v) is 2.90. The minimum absolute atomic E-state index is 0. The molecule has 0 aromatic heterocycles. The predicted octanol–water partition coefficient (Wildman–Crippen LogP) is 2.77. The molecule has 0 bridgehead atoms. The van der Waals surface area contributed by atoms with Crippen molar-refractivity contribution in [1.29, 1.82) is 0 Å². The Morgan fingerprint density at radius 1 is 1.00 bits per heavy atom. The second-order valence-corrected chi connectivity index (χ2v) is 1.29. The van der Waals surface area contributed by atoms with E-state index in [0.717, 1.165) is 12.8 Å². The summed E-state index contributed by atoms with van der Waals surface area (Å²) < 4.78 is 0. The van der Waals surface area contributed by atoms with E-state index in [9.17, 15) is 0 Å². The molecule has 0 aliphatic heterocycles. The SMILES string of the molecule is [CH-]=CCC.[CH-]=CCC.[Cd+2]. The summed E-state index contributed by atoms with van der Waals surface area (Å²) in [7, 11) is 0.